The Labute approximate surface area is 146 Å². The van der Waals surface area contributed by atoms with Gasteiger partial charge in [-0.2, -0.15) is 5.26 Å². The number of nitrogens with zero attached hydrogens (tertiary/aromatic N) is 2. The third-order valence-electron chi connectivity index (χ3n) is 3.81. The predicted molar refractivity (Wildman–Crippen MR) is 98.5 cm³/mol. The average molecular weight is 333 g/mol. The first-order valence-corrected chi connectivity index (χ1v) is 8.04. The Balaban J connectivity index is 2.00. The molecule has 0 spiro atoms. The SMILES string of the molecule is CCOc1ccc(/C=C(/C#N)c2nc3ccc(C)cc3[nH]2)cc1OC. The van der Waals surface area contributed by atoms with Crippen molar-refractivity contribution < 1.29 is 9.47 Å². The minimum absolute atomic E-state index is 0.458. The van der Waals surface area contributed by atoms with Gasteiger partial charge >= 0.3 is 0 Å². The van der Waals surface area contributed by atoms with E-state index in [-0.39, 0.29) is 0 Å². The van der Waals surface area contributed by atoms with Crippen LogP contribution in [0.25, 0.3) is 22.7 Å². The lowest BCUT2D eigenvalue weighted by Crippen LogP contribution is -1.95. The Morgan fingerprint density at radius 3 is 2.80 bits per heavy atom. The van der Waals surface area contributed by atoms with Gasteiger partial charge in [0.05, 0.1) is 30.3 Å². The molecular weight excluding hydrogens is 314 g/mol. The van der Waals surface area contributed by atoms with E-state index < -0.39 is 0 Å². The zero-order valence-electron chi connectivity index (χ0n) is 14.5. The average Bonchev–Trinajstić information content (AvgIpc) is 3.03. The maximum atomic E-state index is 9.55. The molecule has 0 radical (unpaired) electrons. The summed E-state index contributed by atoms with van der Waals surface area (Å²) < 4.78 is 10.9. The van der Waals surface area contributed by atoms with E-state index >= 15 is 0 Å². The molecule has 3 aromatic rings. The second kappa shape index (κ2) is 7.10. The predicted octanol–water partition coefficient (Wildman–Crippen LogP) is 4.34. The monoisotopic (exact) mass is 333 g/mol. The number of allylic oxidation sites excluding steroid dienone is 1. The molecule has 1 heterocycles. The van der Waals surface area contributed by atoms with Crippen LogP contribution >= 0.6 is 0 Å². The topological polar surface area (TPSA) is 70.9 Å². The van der Waals surface area contributed by atoms with Crippen molar-refractivity contribution in [2.24, 2.45) is 0 Å². The number of aryl methyl sites for hydroxylation is 1. The van der Waals surface area contributed by atoms with Crippen LogP contribution in [0.15, 0.2) is 36.4 Å². The van der Waals surface area contributed by atoms with E-state index in [0.717, 1.165) is 22.2 Å². The number of nitrogens with one attached hydrogen (secondary N) is 1. The molecular formula is C20H19N3O2. The maximum Gasteiger partial charge on any atom is 0.161 e. The zero-order valence-corrected chi connectivity index (χ0v) is 14.5. The lowest BCUT2D eigenvalue weighted by Gasteiger charge is -2.09. The molecule has 0 amide bonds. The first-order valence-electron chi connectivity index (χ1n) is 8.04. The number of rotatable bonds is 5. The van der Waals surface area contributed by atoms with Gasteiger partial charge in [0.1, 0.15) is 11.9 Å². The number of methoxy groups -OCH3 is 1. The highest BCUT2D eigenvalue weighted by Gasteiger charge is 2.10. The van der Waals surface area contributed by atoms with E-state index in [9.17, 15) is 5.26 Å². The van der Waals surface area contributed by atoms with Crippen molar-refractivity contribution in [2.45, 2.75) is 13.8 Å². The molecule has 0 atom stereocenters. The minimum Gasteiger partial charge on any atom is -0.493 e. The number of ether oxygens (including phenoxy) is 2. The number of fused-ring (bicyclic) bond motifs is 1. The van der Waals surface area contributed by atoms with Gasteiger partial charge in [0.2, 0.25) is 0 Å². The molecule has 25 heavy (non-hydrogen) atoms. The van der Waals surface area contributed by atoms with Gasteiger partial charge in [-0.25, -0.2) is 4.98 Å². The molecule has 1 N–H and O–H groups in total. The fourth-order valence-electron chi connectivity index (χ4n) is 2.62. The normalized spacial score (nSPS) is 11.4. The van der Waals surface area contributed by atoms with Gasteiger partial charge in [-0.05, 0) is 55.3 Å². The van der Waals surface area contributed by atoms with E-state index in [4.69, 9.17) is 9.47 Å². The van der Waals surface area contributed by atoms with Gasteiger partial charge in [-0.1, -0.05) is 12.1 Å². The molecule has 0 fully saturated rings. The van der Waals surface area contributed by atoms with Crippen molar-refractivity contribution in [3.63, 3.8) is 0 Å². The van der Waals surface area contributed by atoms with Crippen LogP contribution in [0.4, 0.5) is 0 Å². The molecule has 0 aliphatic heterocycles. The fourth-order valence-corrected chi connectivity index (χ4v) is 2.62. The van der Waals surface area contributed by atoms with Crippen molar-refractivity contribution in [3.05, 3.63) is 53.3 Å². The summed E-state index contributed by atoms with van der Waals surface area (Å²) >= 11 is 0. The van der Waals surface area contributed by atoms with Gasteiger partial charge in [-0.3, -0.25) is 0 Å². The first-order chi connectivity index (χ1) is 12.1. The molecule has 2 aromatic carbocycles. The largest absolute Gasteiger partial charge is 0.493 e. The highest BCUT2D eigenvalue weighted by molar-refractivity contribution is 5.90. The molecule has 0 aliphatic rings. The van der Waals surface area contributed by atoms with Crippen LogP contribution in [-0.2, 0) is 0 Å². The van der Waals surface area contributed by atoms with Crippen LogP contribution in [0.5, 0.6) is 11.5 Å². The Morgan fingerprint density at radius 1 is 1.24 bits per heavy atom. The number of nitriles is 1. The highest BCUT2D eigenvalue weighted by Crippen LogP contribution is 2.29. The molecule has 3 rings (SSSR count). The van der Waals surface area contributed by atoms with Crippen molar-refractivity contribution in [2.75, 3.05) is 13.7 Å². The van der Waals surface area contributed by atoms with Crippen LogP contribution in [0.2, 0.25) is 0 Å². The van der Waals surface area contributed by atoms with E-state index in [2.05, 4.69) is 16.0 Å². The van der Waals surface area contributed by atoms with E-state index in [1.165, 1.54) is 0 Å². The molecule has 126 valence electrons. The third-order valence-corrected chi connectivity index (χ3v) is 3.81. The highest BCUT2D eigenvalue weighted by atomic mass is 16.5. The second-order valence-corrected chi connectivity index (χ2v) is 5.62. The summed E-state index contributed by atoms with van der Waals surface area (Å²) in [6, 6.07) is 13.7. The lowest BCUT2D eigenvalue weighted by atomic mass is 10.1. The molecule has 0 saturated carbocycles. The van der Waals surface area contributed by atoms with Crippen molar-refractivity contribution >= 4 is 22.7 Å². The number of hydrogen-bond donors (Lipinski definition) is 1. The summed E-state index contributed by atoms with van der Waals surface area (Å²) in [4.78, 5) is 7.72. The van der Waals surface area contributed by atoms with Crippen LogP contribution < -0.4 is 9.47 Å². The lowest BCUT2D eigenvalue weighted by molar-refractivity contribution is 0.311. The van der Waals surface area contributed by atoms with Gasteiger partial charge < -0.3 is 14.5 Å². The molecule has 1 aromatic heterocycles. The molecule has 5 nitrogen and oxygen atoms in total. The molecule has 5 heteroatoms. The number of imidazole rings is 1. The molecule has 0 unspecified atom stereocenters. The Hall–Kier alpha value is -3.26. The molecule has 0 saturated heterocycles. The van der Waals surface area contributed by atoms with Crippen LogP contribution in [0, 0.1) is 18.3 Å². The number of hydrogen-bond acceptors (Lipinski definition) is 4. The zero-order chi connectivity index (χ0) is 17.8. The van der Waals surface area contributed by atoms with E-state index in [1.54, 1.807) is 13.2 Å². The van der Waals surface area contributed by atoms with Crippen molar-refractivity contribution in [1.82, 2.24) is 9.97 Å². The van der Waals surface area contributed by atoms with Crippen LogP contribution in [0.1, 0.15) is 23.9 Å². The summed E-state index contributed by atoms with van der Waals surface area (Å²) in [5.41, 5.74) is 4.20. The van der Waals surface area contributed by atoms with E-state index in [1.807, 2.05) is 50.2 Å². The minimum atomic E-state index is 0.458. The fraction of sp³-hybridized carbons (Fsp3) is 0.200. The summed E-state index contributed by atoms with van der Waals surface area (Å²) in [7, 11) is 1.60. The second-order valence-electron chi connectivity index (χ2n) is 5.62. The summed E-state index contributed by atoms with van der Waals surface area (Å²) in [5.74, 6) is 1.86. The molecule has 0 bridgehead atoms. The van der Waals surface area contributed by atoms with Gasteiger partial charge in [0.25, 0.3) is 0 Å². The summed E-state index contributed by atoms with van der Waals surface area (Å²) in [6.07, 6.45) is 1.78. The smallest absolute Gasteiger partial charge is 0.161 e. The summed E-state index contributed by atoms with van der Waals surface area (Å²) in [6.45, 7) is 4.50. The Kier molecular flexibility index (Phi) is 4.71. The maximum absolute atomic E-state index is 9.55. The van der Waals surface area contributed by atoms with Gasteiger partial charge in [0.15, 0.2) is 11.5 Å². The van der Waals surface area contributed by atoms with Gasteiger partial charge in [-0.15, -0.1) is 0 Å². The van der Waals surface area contributed by atoms with Crippen LogP contribution in [0.3, 0.4) is 0 Å². The Bertz CT molecular complexity index is 980. The quantitative estimate of drug-likeness (QED) is 0.705. The first kappa shape index (κ1) is 16.6. The van der Waals surface area contributed by atoms with E-state index in [0.29, 0.717) is 29.5 Å². The number of aromatic nitrogens is 2. The van der Waals surface area contributed by atoms with Crippen molar-refractivity contribution in [3.8, 4) is 17.6 Å². The standard InChI is InChI=1S/C20H19N3O2/c1-4-25-18-8-6-14(11-19(18)24-3)10-15(12-21)20-22-16-7-5-13(2)9-17(16)23-20/h5-11H,4H2,1-3H3,(H,22,23)/b15-10-. The number of H-pyrrole nitrogens is 1. The third kappa shape index (κ3) is 3.48. The number of aromatic amines is 1. The Morgan fingerprint density at radius 2 is 2.08 bits per heavy atom. The van der Waals surface area contributed by atoms with Crippen molar-refractivity contribution in [1.29, 1.82) is 5.26 Å². The van der Waals surface area contributed by atoms with Crippen LogP contribution in [-0.4, -0.2) is 23.7 Å². The van der Waals surface area contributed by atoms with Gasteiger partial charge in [0, 0.05) is 0 Å². The summed E-state index contributed by atoms with van der Waals surface area (Å²) in [5, 5.41) is 9.55. The molecule has 0 aliphatic carbocycles. The number of benzene rings is 2.